The lowest BCUT2D eigenvalue weighted by Crippen LogP contribution is -2.16. The van der Waals surface area contributed by atoms with Gasteiger partial charge >= 0.3 is 0 Å². The highest BCUT2D eigenvalue weighted by atomic mass is 32.2. The molecule has 0 saturated carbocycles. The number of nitrogens with one attached hydrogen (secondary N) is 1. The number of sulfone groups is 1. The number of rotatable bonds is 7. The molecule has 28 heavy (non-hydrogen) atoms. The molecule has 2 aromatic heterocycles. The summed E-state index contributed by atoms with van der Waals surface area (Å²) in [6, 6.07) is 14.8. The van der Waals surface area contributed by atoms with Crippen LogP contribution in [0, 0.1) is 0 Å². The second-order valence-corrected chi connectivity index (χ2v) is 8.86. The SMILES string of the molecule is O=S(=O)(CCO)c1nc(OCNc2nc3ccccc3s2)c2ccccc2n1. The van der Waals surface area contributed by atoms with E-state index in [4.69, 9.17) is 9.84 Å². The molecular weight excluding hydrogens is 400 g/mol. The second kappa shape index (κ2) is 7.66. The summed E-state index contributed by atoms with van der Waals surface area (Å²) in [6.45, 7) is -0.450. The minimum Gasteiger partial charge on any atom is -0.456 e. The largest absolute Gasteiger partial charge is 0.456 e. The molecule has 2 aromatic carbocycles. The van der Waals surface area contributed by atoms with Crippen LogP contribution in [0.4, 0.5) is 5.13 Å². The van der Waals surface area contributed by atoms with E-state index in [0.29, 0.717) is 16.0 Å². The van der Waals surface area contributed by atoms with Crippen molar-refractivity contribution in [2.24, 2.45) is 0 Å². The minimum absolute atomic E-state index is 0.0559. The number of thiazole rings is 1. The number of aliphatic hydroxyl groups is 1. The number of benzene rings is 2. The summed E-state index contributed by atoms with van der Waals surface area (Å²) in [5, 5.41) is 13.0. The molecule has 0 unspecified atom stereocenters. The molecule has 2 N–H and O–H groups in total. The van der Waals surface area contributed by atoms with E-state index in [9.17, 15) is 8.42 Å². The van der Waals surface area contributed by atoms with Crippen molar-refractivity contribution < 1.29 is 18.3 Å². The van der Waals surface area contributed by atoms with Crippen LogP contribution in [0.25, 0.3) is 21.1 Å². The molecule has 0 bridgehead atoms. The van der Waals surface area contributed by atoms with E-state index in [-0.39, 0.29) is 17.8 Å². The molecule has 0 spiro atoms. The van der Waals surface area contributed by atoms with Gasteiger partial charge in [0.05, 0.1) is 33.5 Å². The van der Waals surface area contributed by atoms with Gasteiger partial charge in [-0.25, -0.2) is 18.4 Å². The molecule has 0 saturated heterocycles. The van der Waals surface area contributed by atoms with E-state index in [1.54, 1.807) is 24.3 Å². The molecule has 0 aliphatic carbocycles. The van der Waals surface area contributed by atoms with Gasteiger partial charge in [0.2, 0.25) is 15.7 Å². The van der Waals surface area contributed by atoms with Gasteiger partial charge in [-0.15, -0.1) is 0 Å². The van der Waals surface area contributed by atoms with Gasteiger partial charge in [-0.2, -0.15) is 4.98 Å². The van der Waals surface area contributed by atoms with Crippen molar-refractivity contribution in [3.05, 3.63) is 48.5 Å². The van der Waals surface area contributed by atoms with Crippen molar-refractivity contribution >= 4 is 47.4 Å². The van der Waals surface area contributed by atoms with E-state index in [1.807, 2.05) is 24.3 Å². The number of ether oxygens (including phenoxy) is 1. The average molecular weight is 416 g/mol. The normalized spacial score (nSPS) is 11.8. The number of aliphatic hydroxyl groups excluding tert-OH is 1. The maximum Gasteiger partial charge on any atom is 0.251 e. The highest BCUT2D eigenvalue weighted by Crippen LogP contribution is 2.26. The molecule has 10 heteroatoms. The molecule has 0 aliphatic heterocycles. The van der Waals surface area contributed by atoms with E-state index in [1.165, 1.54) is 11.3 Å². The first-order chi connectivity index (χ1) is 13.6. The lowest BCUT2D eigenvalue weighted by Gasteiger charge is -2.10. The van der Waals surface area contributed by atoms with Crippen LogP contribution in [0.5, 0.6) is 5.88 Å². The Morgan fingerprint density at radius 1 is 1.00 bits per heavy atom. The second-order valence-electron chi connectivity index (χ2n) is 5.82. The Labute approximate surface area is 164 Å². The van der Waals surface area contributed by atoms with Crippen molar-refractivity contribution in [3.63, 3.8) is 0 Å². The first-order valence-corrected chi connectivity index (χ1v) is 10.9. The number of nitrogens with zero attached hydrogens (tertiary/aromatic N) is 3. The van der Waals surface area contributed by atoms with Gasteiger partial charge in [0.15, 0.2) is 11.9 Å². The zero-order valence-corrected chi connectivity index (χ0v) is 16.2. The van der Waals surface area contributed by atoms with Gasteiger partial charge < -0.3 is 15.2 Å². The van der Waals surface area contributed by atoms with Gasteiger partial charge in [0.25, 0.3) is 5.16 Å². The van der Waals surface area contributed by atoms with Gasteiger partial charge in [-0.05, 0) is 24.3 Å². The fourth-order valence-corrected chi connectivity index (χ4v) is 4.33. The van der Waals surface area contributed by atoms with Gasteiger partial charge in [0.1, 0.15) is 0 Å². The van der Waals surface area contributed by atoms with Crippen LogP contribution >= 0.6 is 11.3 Å². The highest BCUT2D eigenvalue weighted by Gasteiger charge is 2.20. The van der Waals surface area contributed by atoms with E-state index in [0.717, 1.165) is 10.2 Å². The van der Waals surface area contributed by atoms with Crippen LogP contribution < -0.4 is 10.1 Å². The summed E-state index contributed by atoms with van der Waals surface area (Å²) in [4.78, 5) is 12.6. The number of anilines is 1. The lowest BCUT2D eigenvalue weighted by molar-refractivity contribution is 0.318. The van der Waals surface area contributed by atoms with E-state index in [2.05, 4.69) is 20.3 Å². The fraction of sp³-hybridized carbons (Fsp3) is 0.167. The highest BCUT2D eigenvalue weighted by molar-refractivity contribution is 7.91. The Hall–Kier alpha value is -2.82. The Kier molecular flexibility index (Phi) is 5.07. The molecule has 4 rings (SSSR count). The zero-order valence-electron chi connectivity index (χ0n) is 14.6. The van der Waals surface area contributed by atoms with Crippen molar-refractivity contribution in [1.82, 2.24) is 15.0 Å². The van der Waals surface area contributed by atoms with Crippen LogP contribution in [-0.4, -0.2) is 47.6 Å². The predicted octanol–water partition coefficient (Wildman–Crippen LogP) is 2.45. The molecule has 2 heterocycles. The average Bonchev–Trinajstić information content (AvgIpc) is 3.10. The third-order valence-corrected chi connectivity index (χ3v) is 6.37. The summed E-state index contributed by atoms with van der Waals surface area (Å²) in [7, 11) is -3.80. The number of hydrogen-bond acceptors (Lipinski definition) is 9. The van der Waals surface area contributed by atoms with Crippen LogP contribution in [0.3, 0.4) is 0 Å². The molecule has 4 aromatic rings. The molecule has 144 valence electrons. The van der Waals surface area contributed by atoms with Gasteiger partial charge in [-0.1, -0.05) is 35.6 Å². The molecule has 0 aliphatic rings. The van der Waals surface area contributed by atoms with Gasteiger partial charge in [0, 0.05) is 0 Å². The molecule has 0 radical (unpaired) electrons. The van der Waals surface area contributed by atoms with Crippen LogP contribution in [0.15, 0.2) is 53.7 Å². The molecule has 0 atom stereocenters. The maximum atomic E-state index is 12.3. The number of hydrogen-bond donors (Lipinski definition) is 2. The van der Waals surface area contributed by atoms with Gasteiger partial charge in [-0.3, -0.25) is 0 Å². The lowest BCUT2D eigenvalue weighted by atomic mass is 10.2. The quantitative estimate of drug-likeness (QED) is 0.349. The Morgan fingerprint density at radius 3 is 2.54 bits per heavy atom. The Morgan fingerprint density at radius 2 is 1.75 bits per heavy atom. The first kappa shape index (κ1) is 18.5. The number of fused-ring (bicyclic) bond motifs is 2. The van der Waals surface area contributed by atoms with Crippen molar-refractivity contribution in [3.8, 4) is 5.88 Å². The summed E-state index contributed by atoms with van der Waals surface area (Å²) >= 11 is 1.49. The summed E-state index contributed by atoms with van der Waals surface area (Å²) in [5.41, 5.74) is 1.34. The van der Waals surface area contributed by atoms with E-state index >= 15 is 0 Å². The minimum atomic E-state index is -3.80. The first-order valence-electron chi connectivity index (χ1n) is 8.39. The molecule has 8 nitrogen and oxygen atoms in total. The number of para-hydroxylation sites is 2. The van der Waals surface area contributed by atoms with Crippen LogP contribution in [0.1, 0.15) is 0 Å². The van der Waals surface area contributed by atoms with E-state index < -0.39 is 22.2 Å². The third kappa shape index (κ3) is 3.75. The third-order valence-electron chi connectivity index (χ3n) is 3.91. The summed E-state index contributed by atoms with van der Waals surface area (Å²) in [5.74, 6) is -0.301. The predicted molar refractivity (Wildman–Crippen MR) is 107 cm³/mol. The van der Waals surface area contributed by atoms with Crippen LogP contribution in [0.2, 0.25) is 0 Å². The Balaban J connectivity index is 1.60. The standard InChI is InChI=1S/C18H16N4O4S2/c23-9-10-28(24,25)18-21-13-6-2-1-5-12(13)16(22-18)26-11-19-17-20-14-7-3-4-8-15(14)27-17/h1-8,23H,9-11H2,(H,19,20). The molecule has 0 amide bonds. The van der Waals surface area contributed by atoms with Crippen LogP contribution in [-0.2, 0) is 9.84 Å². The maximum absolute atomic E-state index is 12.3. The van der Waals surface area contributed by atoms with Crippen molar-refractivity contribution in [2.75, 3.05) is 24.4 Å². The Bertz CT molecular complexity index is 1210. The number of aromatic nitrogens is 3. The monoisotopic (exact) mass is 416 g/mol. The molecule has 0 fully saturated rings. The topological polar surface area (TPSA) is 114 Å². The molecular formula is C18H16N4O4S2. The fourth-order valence-electron chi connectivity index (χ4n) is 2.60. The zero-order chi connectivity index (χ0) is 19.6. The van der Waals surface area contributed by atoms with Crippen molar-refractivity contribution in [2.45, 2.75) is 5.16 Å². The summed E-state index contributed by atoms with van der Waals surface area (Å²) in [6.07, 6.45) is 0. The summed E-state index contributed by atoms with van der Waals surface area (Å²) < 4.78 is 31.3. The van der Waals surface area contributed by atoms with Crippen molar-refractivity contribution in [1.29, 1.82) is 0 Å². The smallest absolute Gasteiger partial charge is 0.251 e.